The topological polar surface area (TPSA) is 98.8 Å². The van der Waals surface area contributed by atoms with E-state index in [0.717, 1.165) is 10.8 Å². The van der Waals surface area contributed by atoms with Crippen molar-refractivity contribution in [3.05, 3.63) is 72.5 Å². The van der Waals surface area contributed by atoms with Crippen LogP contribution in [0.25, 0.3) is 10.8 Å². The Morgan fingerprint density at radius 2 is 1.57 bits per heavy atom. The van der Waals surface area contributed by atoms with Gasteiger partial charge in [-0.1, -0.05) is 30.3 Å². The number of nitrogens with zero attached hydrogens (tertiary/aromatic N) is 2. The number of piperazine rings is 1. The van der Waals surface area contributed by atoms with Gasteiger partial charge in [-0.3, -0.25) is 14.5 Å². The van der Waals surface area contributed by atoms with Gasteiger partial charge in [-0.2, -0.15) is 0 Å². The van der Waals surface area contributed by atoms with E-state index in [2.05, 4.69) is 10.0 Å². The highest BCUT2D eigenvalue weighted by atomic mass is 32.2. The molecule has 0 aliphatic carbocycles. The summed E-state index contributed by atoms with van der Waals surface area (Å²) in [7, 11) is -3.72. The molecule has 8 nitrogen and oxygen atoms in total. The molecule has 2 amide bonds. The second kappa shape index (κ2) is 10.9. The maximum Gasteiger partial charge on any atom is 0.240 e. The van der Waals surface area contributed by atoms with Gasteiger partial charge in [-0.25, -0.2) is 17.5 Å². The third kappa shape index (κ3) is 6.62. The number of fused-ring (bicyclic) bond motifs is 1. The van der Waals surface area contributed by atoms with Gasteiger partial charge in [-0.05, 0) is 47.2 Å². The van der Waals surface area contributed by atoms with Crippen LogP contribution in [-0.4, -0.2) is 69.3 Å². The van der Waals surface area contributed by atoms with Crippen molar-refractivity contribution in [1.82, 2.24) is 14.5 Å². The first-order valence-electron chi connectivity index (χ1n) is 11.3. The zero-order chi connectivity index (χ0) is 24.8. The molecule has 0 radical (unpaired) electrons. The van der Waals surface area contributed by atoms with Gasteiger partial charge in [0.1, 0.15) is 5.82 Å². The number of nitrogens with one attached hydrogen (secondary N) is 2. The molecule has 3 aromatic rings. The van der Waals surface area contributed by atoms with Crippen molar-refractivity contribution in [1.29, 1.82) is 0 Å². The fourth-order valence-electron chi connectivity index (χ4n) is 3.96. The lowest BCUT2D eigenvalue weighted by molar-refractivity contribution is -0.132. The molecule has 4 rings (SSSR count). The van der Waals surface area contributed by atoms with Gasteiger partial charge < -0.3 is 10.2 Å². The molecule has 1 saturated heterocycles. The Bertz CT molecular complexity index is 1310. The van der Waals surface area contributed by atoms with Crippen LogP contribution in [0.4, 0.5) is 10.1 Å². The predicted molar refractivity (Wildman–Crippen MR) is 132 cm³/mol. The molecule has 1 aliphatic rings. The molecule has 0 unspecified atom stereocenters. The van der Waals surface area contributed by atoms with Crippen LogP contribution in [0.2, 0.25) is 0 Å². The van der Waals surface area contributed by atoms with E-state index in [4.69, 9.17) is 0 Å². The molecular weight excluding hydrogens is 471 g/mol. The van der Waals surface area contributed by atoms with Crippen LogP contribution in [0, 0.1) is 5.82 Å². The normalized spacial score (nSPS) is 14.7. The Labute approximate surface area is 203 Å². The minimum atomic E-state index is -3.72. The number of anilines is 1. The summed E-state index contributed by atoms with van der Waals surface area (Å²) in [4.78, 5) is 28.5. The lowest BCUT2D eigenvalue weighted by Crippen LogP contribution is -2.50. The molecule has 0 aromatic heterocycles. The molecule has 1 fully saturated rings. The van der Waals surface area contributed by atoms with Crippen LogP contribution in [0.15, 0.2) is 71.6 Å². The van der Waals surface area contributed by atoms with E-state index in [0.29, 0.717) is 31.9 Å². The van der Waals surface area contributed by atoms with Crippen LogP contribution in [0.1, 0.15) is 6.42 Å². The maximum absolute atomic E-state index is 13.0. The third-order valence-corrected chi connectivity index (χ3v) is 7.34. The lowest BCUT2D eigenvalue weighted by atomic mass is 10.1. The minimum absolute atomic E-state index is 0.00822. The average molecular weight is 499 g/mol. The molecule has 0 atom stereocenters. The summed E-state index contributed by atoms with van der Waals surface area (Å²) in [5, 5.41) is 4.50. The van der Waals surface area contributed by atoms with Crippen molar-refractivity contribution in [2.45, 2.75) is 11.3 Å². The van der Waals surface area contributed by atoms with E-state index in [-0.39, 0.29) is 42.0 Å². The fraction of sp³-hybridized carbons (Fsp3) is 0.280. The molecule has 1 heterocycles. The first-order chi connectivity index (χ1) is 16.8. The number of amides is 2. The van der Waals surface area contributed by atoms with E-state index in [1.165, 1.54) is 24.3 Å². The molecule has 3 aromatic carbocycles. The fourth-order valence-corrected chi connectivity index (χ4v) is 5.03. The highest BCUT2D eigenvalue weighted by Crippen LogP contribution is 2.19. The van der Waals surface area contributed by atoms with Crippen LogP contribution in [0.3, 0.4) is 0 Å². The molecule has 0 saturated carbocycles. The number of sulfonamides is 1. The molecule has 0 spiro atoms. The van der Waals surface area contributed by atoms with Gasteiger partial charge in [0, 0.05) is 44.8 Å². The smallest absolute Gasteiger partial charge is 0.240 e. The first kappa shape index (κ1) is 24.8. The quantitative estimate of drug-likeness (QED) is 0.497. The third-order valence-electron chi connectivity index (χ3n) is 5.88. The molecule has 35 heavy (non-hydrogen) atoms. The summed E-state index contributed by atoms with van der Waals surface area (Å²) in [5.41, 5.74) is 0.524. The van der Waals surface area contributed by atoms with Crippen molar-refractivity contribution in [3.8, 4) is 0 Å². The van der Waals surface area contributed by atoms with Crippen molar-refractivity contribution in [2.24, 2.45) is 0 Å². The molecular formula is C25H27FN4O4S. The van der Waals surface area contributed by atoms with E-state index in [1.54, 1.807) is 23.1 Å². The average Bonchev–Trinajstić information content (AvgIpc) is 2.85. The summed E-state index contributed by atoms with van der Waals surface area (Å²) in [6.07, 6.45) is 0.0534. The van der Waals surface area contributed by atoms with Gasteiger partial charge in [0.15, 0.2) is 0 Å². The number of carbonyl (C=O) groups is 2. The lowest BCUT2D eigenvalue weighted by Gasteiger charge is -2.34. The maximum atomic E-state index is 13.0. The van der Waals surface area contributed by atoms with Crippen LogP contribution < -0.4 is 10.0 Å². The Balaban J connectivity index is 1.20. The molecule has 2 N–H and O–H groups in total. The molecule has 0 bridgehead atoms. The number of halogens is 1. The van der Waals surface area contributed by atoms with Crippen molar-refractivity contribution >= 4 is 38.3 Å². The number of benzene rings is 3. The molecule has 1 aliphatic heterocycles. The Morgan fingerprint density at radius 1 is 0.886 bits per heavy atom. The van der Waals surface area contributed by atoms with Crippen LogP contribution in [0.5, 0.6) is 0 Å². The number of hydrogen-bond donors (Lipinski definition) is 2. The molecule has 184 valence electrons. The van der Waals surface area contributed by atoms with E-state index >= 15 is 0 Å². The van der Waals surface area contributed by atoms with Crippen LogP contribution in [-0.2, 0) is 19.6 Å². The SMILES string of the molecule is O=C(CN1CCN(C(=O)CCNS(=O)(=O)c2ccc3ccccc3c2)CC1)Nc1ccc(F)cc1. The highest BCUT2D eigenvalue weighted by Gasteiger charge is 2.23. The zero-order valence-corrected chi connectivity index (χ0v) is 19.9. The zero-order valence-electron chi connectivity index (χ0n) is 19.1. The largest absolute Gasteiger partial charge is 0.340 e. The van der Waals surface area contributed by atoms with Gasteiger partial charge in [0.25, 0.3) is 0 Å². The van der Waals surface area contributed by atoms with Gasteiger partial charge in [0.05, 0.1) is 11.4 Å². The van der Waals surface area contributed by atoms with Gasteiger partial charge >= 0.3 is 0 Å². The first-order valence-corrected chi connectivity index (χ1v) is 12.8. The van der Waals surface area contributed by atoms with Gasteiger partial charge in [-0.15, -0.1) is 0 Å². The second-order valence-corrected chi connectivity index (χ2v) is 10.1. The Morgan fingerprint density at radius 3 is 2.29 bits per heavy atom. The Kier molecular flexibility index (Phi) is 7.74. The summed E-state index contributed by atoms with van der Waals surface area (Å²) in [6, 6.07) is 18.0. The van der Waals surface area contributed by atoms with Gasteiger partial charge in [0.2, 0.25) is 21.8 Å². The monoisotopic (exact) mass is 498 g/mol. The number of rotatable bonds is 8. The summed E-state index contributed by atoms with van der Waals surface area (Å²) in [6.45, 7) is 2.16. The van der Waals surface area contributed by atoms with E-state index in [9.17, 15) is 22.4 Å². The second-order valence-electron chi connectivity index (χ2n) is 8.37. The minimum Gasteiger partial charge on any atom is -0.340 e. The summed E-state index contributed by atoms with van der Waals surface area (Å²) >= 11 is 0. The van der Waals surface area contributed by atoms with Crippen molar-refractivity contribution in [2.75, 3.05) is 44.6 Å². The summed E-state index contributed by atoms with van der Waals surface area (Å²) < 4.78 is 40.7. The highest BCUT2D eigenvalue weighted by molar-refractivity contribution is 7.89. The van der Waals surface area contributed by atoms with E-state index in [1.807, 2.05) is 29.2 Å². The predicted octanol–water partition coefficient (Wildman–Crippen LogP) is 2.43. The van der Waals surface area contributed by atoms with Crippen LogP contribution >= 0.6 is 0 Å². The number of carbonyl (C=O) groups excluding carboxylic acids is 2. The molecule has 10 heteroatoms. The number of hydrogen-bond acceptors (Lipinski definition) is 5. The standard InChI is InChI=1S/C25H27FN4O4S/c26-21-6-8-22(9-7-21)28-24(31)18-29-13-15-30(16-14-29)25(32)11-12-27-35(33,34)23-10-5-19-3-1-2-4-20(19)17-23/h1-10,17,27H,11-16,18H2,(H,28,31). The summed E-state index contributed by atoms with van der Waals surface area (Å²) in [5.74, 6) is -0.716. The Hall–Kier alpha value is -3.34. The van der Waals surface area contributed by atoms with Crippen molar-refractivity contribution in [3.63, 3.8) is 0 Å². The van der Waals surface area contributed by atoms with E-state index < -0.39 is 10.0 Å². The van der Waals surface area contributed by atoms with Crippen molar-refractivity contribution < 1.29 is 22.4 Å².